The molecule has 6 nitrogen and oxygen atoms in total. The van der Waals surface area contributed by atoms with Crippen molar-refractivity contribution in [3.05, 3.63) is 18.2 Å². The van der Waals surface area contributed by atoms with E-state index < -0.39 is 12.1 Å². The summed E-state index contributed by atoms with van der Waals surface area (Å²) in [7, 11) is 1.89. The highest BCUT2D eigenvalue weighted by Gasteiger charge is 2.39. The van der Waals surface area contributed by atoms with Crippen LogP contribution in [0.25, 0.3) is 0 Å². The van der Waals surface area contributed by atoms with Gasteiger partial charge in [-0.05, 0) is 12.8 Å². The third kappa shape index (κ3) is 1.77. The molecule has 0 aromatic carbocycles. The van der Waals surface area contributed by atoms with Gasteiger partial charge in [-0.25, -0.2) is 9.98 Å². The molecule has 2 atom stereocenters. The Balaban J connectivity index is 1.80. The van der Waals surface area contributed by atoms with Crippen molar-refractivity contribution in [3.8, 4) is 0 Å². The molecule has 1 fully saturated rings. The largest absolute Gasteiger partial charge is 0.470 e. The second-order valence-electron chi connectivity index (χ2n) is 4.68. The predicted molar refractivity (Wildman–Crippen MR) is 65.1 cm³/mol. The molecule has 0 N–H and O–H groups in total. The van der Waals surface area contributed by atoms with E-state index in [0.29, 0.717) is 0 Å². The monoisotopic (exact) mass is 248 g/mol. The van der Waals surface area contributed by atoms with Crippen LogP contribution in [0.5, 0.6) is 0 Å². The molecule has 2 aliphatic rings. The lowest BCUT2D eigenvalue weighted by Gasteiger charge is -2.21. The third-order valence-corrected chi connectivity index (χ3v) is 3.50. The number of carbonyl (C=O) groups is 1. The van der Waals surface area contributed by atoms with Crippen LogP contribution in [0, 0.1) is 0 Å². The minimum atomic E-state index is -0.482. The van der Waals surface area contributed by atoms with E-state index in [0.717, 1.165) is 31.8 Å². The van der Waals surface area contributed by atoms with Crippen LogP contribution < -0.4 is 0 Å². The van der Waals surface area contributed by atoms with Gasteiger partial charge in [0.15, 0.2) is 24.4 Å². The summed E-state index contributed by atoms with van der Waals surface area (Å²) in [6.45, 7) is 1.66. The molecular formula is C12H16N4O2. The van der Waals surface area contributed by atoms with Gasteiger partial charge in [0, 0.05) is 32.5 Å². The highest BCUT2D eigenvalue weighted by molar-refractivity contribution is 5.85. The molecule has 0 unspecified atom stereocenters. The van der Waals surface area contributed by atoms with Crippen LogP contribution in [0.3, 0.4) is 0 Å². The standard InChI is InChI=1S/C12H16N4O2/c1-15-7-4-13-11(15)10-9(14-8-18-10)12(17)16-5-2-3-6-16/h4,7-10H,2-3,5-6H2,1H3/t9-,10-/m1/s1. The number of rotatable bonds is 2. The smallest absolute Gasteiger partial charge is 0.251 e. The summed E-state index contributed by atoms with van der Waals surface area (Å²) in [4.78, 5) is 22.6. The van der Waals surface area contributed by atoms with E-state index in [-0.39, 0.29) is 5.91 Å². The van der Waals surface area contributed by atoms with E-state index in [1.165, 1.54) is 6.40 Å². The minimum Gasteiger partial charge on any atom is -0.470 e. The molecule has 0 spiro atoms. The summed E-state index contributed by atoms with van der Waals surface area (Å²) in [5.74, 6) is 0.791. The number of imidazole rings is 1. The fourth-order valence-corrected chi connectivity index (χ4v) is 2.49. The highest BCUT2D eigenvalue weighted by Crippen LogP contribution is 2.27. The molecule has 1 aromatic heterocycles. The molecule has 2 aliphatic heterocycles. The van der Waals surface area contributed by atoms with Gasteiger partial charge in [-0.1, -0.05) is 0 Å². The lowest BCUT2D eigenvalue weighted by Crippen LogP contribution is -2.38. The van der Waals surface area contributed by atoms with Crippen molar-refractivity contribution in [2.24, 2.45) is 12.0 Å². The van der Waals surface area contributed by atoms with Gasteiger partial charge in [0.1, 0.15) is 0 Å². The van der Waals surface area contributed by atoms with Gasteiger partial charge in [-0.15, -0.1) is 0 Å². The highest BCUT2D eigenvalue weighted by atomic mass is 16.5. The van der Waals surface area contributed by atoms with Crippen molar-refractivity contribution < 1.29 is 9.53 Å². The molecule has 18 heavy (non-hydrogen) atoms. The normalized spacial score (nSPS) is 26.6. The SMILES string of the molecule is Cn1ccnc1[C@@H]1OC=N[C@H]1C(=O)N1CCCC1. The summed E-state index contributed by atoms with van der Waals surface area (Å²) in [5, 5.41) is 0. The fourth-order valence-electron chi connectivity index (χ4n) is 2.49. The number of ether oxygens (including phenoxy) is 1. The Morgan fingerprint density at radius 3 is 2.89 bits per heavy atom. The van der Waals surface area contributed by atoms with Crippen LogP contribution in [0.1, 0.15) is 24.8 Å². The van der Waals surface area contributed by atoms with Crippen LogP contribution >= 0.6 is 0 Å². The van der Waals surface area contributed by atoms with Crippen molar-refractivity contribution in [1.29, 1.82) is 0 Å². The maximum atomic E-state index is 12.4. The number of aliphatic imine (C=N–C) groups is 1. The van der Waals surface area contributed by atoms with E-state index in [9.17, 15) is 4.79 Å². The van der Waals surface area contributed by atoms with Gasteiger partial charge in [0.25, 0.3) is 5.91 Å². The molecule has 1 aromatic rings. The van der Waals surface area contributed by atoms with E-state index >= 15 is 0 Å². The summed E-state index contributed by atoms with van der Waals surface area (Å²) in [5.41, 5.74) is 0. The number of carbonyl (C=O) groups excluding carboxylic acids is 1. The van der Waals surface area contributed by atoms with Crippen molar-refractivity contribution in [2.45, 2.75) is 25.0 Å². The zero-order valence-corrected chi connectivity index (χ0v) is 10.3. The first-order valence-corrected chi connectivity index (χ1v) is 6.20. The van der Waals surface area contributed by atoms with E-state index in [4.69, 9.17) is 4.74 Å². The molecule has 1 amide bonds. The molecule has 0 radical (unpaired) electrons. The lowest BCUT2D eigenvalue weighted by molar-refractivity contribution is -0.133. The second kappa shape index (κ2) is 4.44. The average molecular weight is 248 g/mol. The average Bonchev–Trinajstić information content (AvgIpc) is 3.09. The van der Waals surface area contributed by atoms with Crippen molar-refractivity contribution in [1.82, 2.24) is 14.5 Å². The van der Waals surface area contributed by atoms with E-state index in [2.05, 4.69) is 9.98 Å². The Morgan fingerprint density at radius 2 is 2.22 bits per heavy atom. The van der Waals surface area contributed by atoms with Crippen molar-refractivity contribution in [2.75, 3.05) is 13.1 Å². The lowest BCUT2D eigenvalue weighted by atomic mass is 10.1. The number of nitrogens with zero attached hydrogens (tertiary/aromatic N) is 4. The first-order valence-electron chi connectivity index (χ1n) is 6.20. The number of hydrogen-bond acceptors (Lipinski definition) is 4. The van der Waals surface area contributed by atoms with E-state index in [1.54, 1.807) is 6.20 Å². The Labute approximate surface area is 105 Å². The third-order valence-electron chi connectivity index (χ3n) is 3.50. The van der Waals surface area contributed by atoms with Gasteiger partial charge in [-0.2, -0.15) is 0 Å². The molecule has 3 heterocycles. The summed E-state index contributed by atoms with van der Waals surface area (Å²) < 4.78 is 7.31. The zero-order valence-electron chi connectivity index (χ0n) is 10.3. The summed E-state index contributed by atoms with van der Waals surface area (Å²) in [6, 6.07) is -0.482. The van der Waals surface area contributed by atoms with Gasteiger partial charge in [-0.3, -0.25) is 4.79 Å². The molecule has 96 valence electrons. The topological polar surface area (TPSA) is 59.7 Å². The molecule has 3 rings (SSSR count). The number of aromatic nitrogens is 2. The van der Waals surface area contributed by atoms with Crippen LogP contribution in [0.15, 0.2) is 17.4 Å². The zero-order chi connectivity index (χ0) is 12.5. The molecular weight excluding hydrogens is 232 g/mol. The maximum Gasteiger partial charge on any atom is 0.251 e. The number of likely N-dealkylation sites (tertiary alicyclic amines) is 1. The maximum absolute atomic E-state index is 12.4. The molecule has 0 saturated carbocycles. The molecule has 6 heteroatoms. The van der Waals surface area contributed by atoms with Crippen LogP contribution in [-0.4, -0.2) is 45.9 Å². The Hall–Kier alpha value is -1.85. The Morgan fingerprint density at radius 1 is 1.44 bits per heavy atom. The first kappa shape index (κ1) is 11.3. The van der Waals surface area contributed by atoms with Gasteiger partial charge in [0.2, 0.25) is 0 Å². The van der Waals surface area contributed by atoms with Gasteiger partial charge in [0.05, 0.1) is 0 Å². The Kier molecular flexibility index (Phi) is 2.77. The summed E-state index contributed by atoms with van der Waals surface area (Å²) >= 11 is 0. The molecule has 0 aliphatic carbocycles. The number of aryl methyl sites for hydroxylation is 1. The summed E-state index contributed by atoms with van der Waals surface area (Å²) in [6.07, 6.45) is 6.69. The van der Waals surface area contributed by atoms with Crippen molar-refractivity contribution in [3.63, 3.8) is 0 Å². The van der Waals surface area contributed by atoms with Crippen LogP contribution in [-0.2, 0) is 16.6 Å². The van der Waals surface area contributed by atoms with Crippen LogP contribution in [0.4, 0.5) is 0 Å². The van der Waals surface area contributed by atoms with Gasteiger partial charge >= 0.3 is 0 Å². The number of hydrogen-bond donors (Lipinski definition) is 0. The predicted octanol–water partition coefficient (Wildman–Crippen LogP) is 0.511. The van der Waals surface area contributed by atoms with Gasteiger partial charge < -0.3 is 14.2 Å². The quantitative estimate of drug-likeness (QED) is 0.766. The minimum absolute atomic E-state index is 0.0502. The molecule has 0 bridgehead atoms. The second-order valence-corrected chi connectivity index (χ2v) is 4.68. The fraction of sp³-hybridized carbons (Fsp3) is 0.583. The van der Waals surface area contributed by atoms with E-state index in [1.807, 2.05) is 22.7 Å². The molecule has 1 saturated heterocycles. The number of amides is 1. The Bertz CT molecular complexity index is 476. The first-order chi connectivity index (χ1) is 8.77. The van der Waals surface area contributed by atoms with Crippen LogP contribution in [0.2, 0.25) is 0 Å². The van der Waals surface area contributed by atoms with Crippen molar-refractivity contribution >= 4 is 12.3 Å².